The van der Waals surface area contributed by atoms with Crippen molar-refractivity contribution in [2.24, 2.45) is 5.73 Å². The quantitative estimate of drug-likeness (QED) is 0.439. The van der Waals surface area contributed by atoms with Gasteiger partial charge in [0.05, 0.1) is 17.0 Å². The van der Waals surface area contributed by atoms with E-state index in [-0.39, 0.29) is 17.0 Å². The highest BCUT2D eigenvalue weighted by molar-refractivity contribution is 5.91. The van der Waals surface area contributed by atoms with E-state index in [0.29, 0.717) is 0 Å². The van der Waals surface area contributed by atoms with Crippen LogP contribution in [0.5, 0.6) is 0 Å². The first kappa shape index (κ1) is 10.3. The predicted octanol–water partition coefficient (Wildman–Crippen LogP) is -1.32. The normalized spacial score (nSPS) is 20.7. The number of carboxylic acid groups (broad SMARTS) is 1. The zero-order chi connectivity index (χ0) is 10.9. The minimum absolute atomic E-state index is 0.0231. The van der Waals surface area contributed by atoms with Crippen LogP contribution >= 0.6 is 0 Å². The third-order valence-electron chi connectivity index (χ3n) is 1.75. The van der Waals surface area contributed by atoms with E-state index in [1.54, 1.807) is 0 Å². The molecule has 1 atom stereocenters. The van der Waals surface area contributed by atoms with E-state index in [1.807, 2.05) is 0 Å². The van der Waals surface area contributed by atoms with Gasteiger partial charge in [0.1, 0.15) is 6.10 Å². The van der Waals surface area contributed by atoms with Crippen molar-refractivity contribution in [1.29, 1.82) is 0 Å². The van der Waals surface area contributed by atoms with Crippen LogP contribution in [0.15, 0.2) is 23.0 Å². The van der Waals surface area contributed by atoms with Crippen molar-refractivity contribution in [2.75, 3.05) is 0 Å². The summed E-state index contributed by atoms with van der Waals surface area (Å²) in [7, 11) is 0. The number of rotatable bonds is 2. The van der Waals surface area contributed by atoms with Crippen LogP contribution < -0.4 is 11.1 Å². The monoisotopic (exact) mass is 198 g/mol. The molecule has 0 radical (unpaired) electrons. The molecule has 0 saturated heterocycles. The highest BCUT2D eigenvalue weighted by atomic mass is 16.4. The lowest BCUT2D eigenvalue weighted by atomic mass is 10.2. The van der Waals surface area contributed by atoms with Crippen LogP contribution in [0, 0.1) is 0 Å². The van der Waals surface area contributed by atoms with Gasteiger partial charge in [-0.05, 0) is 6.08 Å². The number of aliphatic carboxylic acids is 1. The number of hydrogen-bond acceptors (Lipinski definition) is 4. The number of carbonyl (C=O) groups is 2. The van der Waals surface area contributed by atoms with E-state index in [1.165, 1.54) is 6.92 Å². The molecule has 0 spiro atoms. The fourth-order valence-electron chi connectivity index (χ4n) is 1.15. The second-order valence-electron chi connectivity index (χ2n) is 2.86. The topological polar surface area (TPSA) is 113 Å². The second-order valence-corrected chi connectivity index (χ2v) is 2.86. The van der Waals surface area contributed by atoms with Crippen LogP contribution in [-0.4, -0.2) is 28.2 Å². The van der Waals surface area contributed by atoms with Crippen LogP contribution in [-0.2, 0) is 9.59 Å². The van der Waals surface area contributed by atoms with Crippen molar-refractivity contribution < 1.29 is 19.8 Å². The lowest BCUT2D eigenvalue weighted by Gasteiger charge is -2.11. The van der Waals surface area contributed by atoms with Gasteiger partial charge in [-0.15, -0.1) is 0 Å². The van der Waals surface area contributed by atoms with Gasteiger partial charge in [-0.3, -0.25) is 4.79 Å². The number of carboxylic acids is 1. The molecule has 6 heteroatoms. The Morgan fingerprint density at radius 2 is 2.14 bits per heavy atom. The van der Waals surface area contributed by atoms with Gasteiger partial charge in [0, 0.05) is 6.92 Å². The molecule has 14 heavy (non-hydrogen) atoms. The van der Waals surface area contributed by atoms with Crippen molar-refractivity contribution >= 4 is 11.9 Å². The van der Waals surface area contributed by atoms with E-state index < -0.39 is 18.0 Å². The molecule has 0 saturated carbocycles. The molecule has 1 aliphatic carbocycles. The molecule has 0 fully saturated rings. The maximum Gasteiger partial charge on any atom is 0.334 e. The first-order valence-corrected chi connectivity index (χ1v) is 3.83. The van der Waals surface area contributed by atoms with Gasteiger partial charge in [-0.25, -0.2) is 4.79 Å². The lowest BCUT2D eigenvalue weighted by molar-refractivity contribution is -0.133. The van der Waals surface area contributed by atoms with Crippen LogP contribution in [0.25, 0.3) is 0 Å². The van der Waals surface area contributed by atoms with E-state index in [9.17, 15) is 14.7 Å². The van der Waals surface area contributed by atoms with Crippen molar-refractivity contribution in [2.45, 2.75) is 13.0 Å². The van der Waals surface area contributed by atoms with E-state index >= 15 is 0 Å². The lowest BCUT2D eigenvalue weighted by Crippen LogP contribution is -2.30. The van der Waals surface area contributed by atoms with Crippen LogP contribution in [0.3, 0.4) is 0 Å². The van der Waals surface area contributed by atoms with Crippen LogP contribution in [0.2, 0.25) is 0 Å². The molecule has 76 valence electrons. The van der Waals surface area contributed by atoms with Gasteiger partial charge in [0.25, 0.3) is 0 Å². The van der Waals surface area contributed by atoms with Gasteiger partial charge < -0.3 is 21.3 Å². The summed E-state index contributed by atoms with van der Waals surface area (Å²) in [6.45, 7) is 1.24. The van der Waals surface area contributed by atoms with Crippen LogP contribution in [0.4, 0.5) is 0 Å². The molecule has 0 aliphatic heterocycles. The molecule has 0 bridgehead atoms. The standard InChI is InChI=1S/C8H10N2O4/c1-3(11)10-6-5(9)2-4(7(6)12)8(13)14/h2,7,12H,9H2,1H3,(H,10,11)(H,13,14). The summed E-state index contributed by atoms with van der Waals surface area (Å²) in [5.41, 5.74) is 5.25. The summed E-state index contributed by atoms with van der Waals surface area (Å²) in [5.74, 6) is -1.68. The SMILES string of the molecule is CC(=O)NC1=C(N)C=C(C(=O)O)C1O. The maximum absolute atomic E-state index is 10.7. The van der Waals surface area contributed by atoms with E-state index in [2.05, 4.69) is 5.32 Å². The number of nitrogens with two attached hydrogens (primary N) is 1. The van der Waals surface area contributed by atoms with E-state index in [4.69, 9.17) is 10.8 Å². The summed E-state index contributed by atoms with van der Waals surface area (Å²) < 4.78 is 0. The Bertz CT molecular complexity index is 356. The number of allylic oxidation sites excluding steroid dienone is 1. The summed E-state index contributed by atoms with van der Waals surface area (Å²) in [6.07, 6.45) is -0.241. The Labute approximate surface area is 79.7 Å². The summed E-state index contributed by atoms with van der Waals surface area (Å²) in [5, 5.41) is 20.3. The number of hydrogen-bond donors (Lipinski definition) is 4. The molecule has 0 heterocycles. The maximum atomic E-state index is 10.7. The zero-order valence-corrected chi connectivity index (χ0v) is 7.44. The smallest absolute Gasteiger partial charge is 0.334 e. The molecule has 5 N–H and O–H groups in total. The molecule has 0 aromatic heterocycles. The molecule has 1 rings (SSSR count). The number of nitrogens with one attached hydrogen (secondary N) is 1. The Morgan fingerprint density at radius 3 is 2.50 bits per heavy atom. The fraction of sp³-hybridized carbons (Fsp3) is 0.250. The molecular weight excluding hydrogens is 188 g/mol. The number of aliphatic hydroxyl groups is 1. The van der Waals surface area contributed by atoms with Crippen molar-refractivity contribution in [3.63, 3.8) is 0 Å². The molecule has 6 nitrogen and oxygen atoms in total. The minimum atomic E-state index is -1.36. The average Bonchev–Trinajstić information content (AvgIpc) is 2.31. The van der Waals surface area contributed by atoms with Crippen molar-refractivity contribution in [1.82, 2.24) is 5.32 Å². The predicted molar refractivity (Wildman–Crippen MR) is 46.8 cm³/mol. The Morgan fingerprint density at radius 1 is 1.57 bits per heavy atom. The van der Waals surface area contributed by atoms with Gasteiger partial charge in [0.15, 0.2) is 0 Å². The first-order chi connectivity index (χ1) is 6.43. The summed E-state index contributed by atoms with van der Waals surface area (Å²) in [6, 6.07) is 0. The molecule has 1 aliphatic rings. The second kappa shape index (κ2) is 3.51. The molecule has 1 amide bonds. The van der Waals surface area contributed by atoms with E-state index in [0.717, 1.165) is 6.08 Å². The zero-order valence-electron chi connectivity index (χ0n) is 7.44. The van der Waals surface area contributed by atoms with Gasteiger partial charge in [-0.1, -0.05) is 0 Å². The third kappa shape index (κ3) is 1.74. The number of aliphatic hydroxyl groups excluding tert-OH is 1. The van der Waals surface area contributed by atoms with Crippen LogP contribution in [0.1, 0.15) is 6.92 Å². The van der Waals surface area contributed by atoms with Crippen molar-refractivity contribution in [3.05, 3.63) is 23.0 Å². The molecule has 0 aromatic rings. The highest BCUT2D eigenvalue weighted by Crippen LogP contribution is 2.21. The molecular formula is C8H10N2O4. The fourth-order valence-corrected chi connectivity index (χ4v) is 1.15. The summed E-state index contributed by atoms with van der Waals surface area (Å²) in [4.78, 5) is 21.3. The largest absolute Gasteiger partial charge is 0.478 e. The van der Waals surface area contributed by atoms with Crippen molar-refractivity contribution in [3.8, 4) is 0 Å². The van der Waals surface area contributed by atoms with Gasteiger partial charge >= 0.3 is 5.97 Å². The number of carbonyl (C=O) groups excluding carboxylic acids is 1. The third-order valence-corrected chi connectivity index (χ3v) is 1.75. The minimum Gasteiger partial charge on any atom is -0.478 e. The Kier molecular flexibility index (Phi) is 2.57. The Balaban J connectivity index is 2.90. The Hall–Kier alpha value is -1.82. The molecule has 1 unspecified atom stereocenters. The number of amides is 1. The highest BCUT2D eigenvalue weighted by Gasteiger charge is 2.29. The first-order valence-electron chi connectivity index (χ1n) is 3.83. The van der Waals surface area contributed by atoms with Gasteiger partial charge in [-0.2, -0.15) is 0 Å². The molecule has 0 aromatic carbocycles. The average molecular weight is 198 g/mol. The van der Waals surface area contributed by atoms with Gasteiger partial charge in [0.2, 0.25) is 5.91 Å². The summed E-state index contributed by atoms with van der Waals surface area (Å²) >= 11 is 0.